The number of carbonyl (C=O) groups is 2. The molecule has 2 heterocycles. The van der Waals surface area contributed by atoms with Gasteiger partial charge in [0.25, 0.3) is 5.91 Å². The third-order valence-corrected chi connectivity index (χ3v) is 11.8. The topological polar surface area (TPSA) is 71.5 Å². The van der Waals surface area contributed by atoms with Crippen LogP contribution in [0, 0.1) is 0 Å². The molecule has 6 nitrogen and oxygen atoms in total. The van der Waals surface area contributed by atoms with Crippen molar-refractivity contribution in [2.45, 2.75) is 70.5 Å². The van der Waals surface area contributed by atoms with Gasteiger partial charge in [-0.15, -0.1) is 11.3 Å². The predicted molar refractivity (Wildman–Crippen MR) is 121 cm³/mol. The smallest absolute Gasteiger partial charge is 0.271 e. The van der Waals surface area contributed by atoms with Gasteiger partial charge in [-0.1, -0.05) is 39.5 Å². The largest absolute Gasteiger partial charge is 0.415 e. The van der Waals surface area contributed by atoms with Crippen LogP contribution < -0.4 is 10.2 Å². The van der Waals surface area contributed by atoms with Crippen molar-refractivity contribution in [3.05, 3.63) is 11.1 Å². The van der Waals surface area contributed by atoms with Gasteiger partial charge >= 0.3 is 0 Å². The van der Waals surface area contributed by atoms with Gasteiger partial charge in [-0.3, -0.25) is 9.59 Å². The zero-order chi connectivity index (χ0) is 21.1. The lowest BCUT2D eigenvalue weighted by Gasteiger charge is -2.37. The molecule has 1 amide bonds. The Morgan fingerprint density at radius 1 is 1.43 bits per heavy atom. The van der Waals surface area contributed by atoms with E-state index in [1.807, 2.05) is 0 Å². The molecule has 2 rings (SSSR count). The molecular formula is C19H33N3O3S2Si. The van der Waals surface area contributed by atoms with Crippen molar-refractivity contribution in [1.29, 1.82) is 0 Å². The van der Waals surface area contributed by atoms with E-state index in [2.05, 4.69) is 56.0 Å². The third-order valence-electron chi connectivity index (χ3n) is 5.46. The summed E-state index contributed by atoms with van der Waals surface area (Å²) in [6.45, 7) is 16.9. The second-order valence-electron chi connectivity index (χ2n) is 8.80. The lowest BCUT2D eigenvalue weighted by Crippen LogP contribution is -2.49. The number of thioether (sulfide) groups is 1. The first-order valence-corrected chi connectivity index (χ1v) is 14.4. The van der Waals surface area contributed by atoms with Crippen LogP contribution in [-0.2, 0) is 9.22 Å². The minimum Gasteiger partial charge on any atom is -0.415 e. The number of thiazole rings is 1. The van der Waals surface area contributed by atoms with Crippen LogP contribution in [0.2, 0.25) is 18.1 Å². The van der Waals surface area contributed by atoms with Crippen LogP contribution in [0.4, 0.5) is 5.13 Å². The van der Waals surface area contributed by atoms with Crippen LogP contribution in [0.25, 0.3) is 0 Å². The molecule has 1 aliphatic heterocycles. The molecule has 1 aliphatic rings. The summed E-state index contributed by atoms with van der Waals surface area (Å²) in [6, 6.07) is -0.0212. The fraction of sp³-hybridized carbons (Fsp3) is 0.737. The maximum Gasteiger partial charge on any atom is 0.271 e. The minimum absolute atomic E-state index is 0.0212. The van der Waals surface area contributed by atoms with Crippen LogP contribution in [0.1, 0.15) is 51.5 Å². The summed E-state index contributed by atoms with van der Waals surface area (Å²) in [6.07, 6.45) is 0.813. The number of nitrogens with zero attached hydrogens (tertiary/aromatic N) is 2. The van der Waals surface area contributed by atoms with E-state index in [1.165, 1.54) is 23.1 Å². The molecule has 0 bridgehead atoms. The Morgan fingerprint density at radius 2 is 2.07 bits per heavy atom. The van der Waals surface area contributed by atoms with E-state index in [1.54, 1.807) is 12.3 Å². The summed E-state index contributed by atoms with van der Waals surface area (Å²) < 4.78 is 6.27. The van der Waals surface area contributed by atoms with E-state index in [-0.39, 0.29) is 22.1 Å². The van der Waals surface area contributed by atoms with Gasteiger partial charge in [0.2, 0.25) is 0 Å². The maximum atomic E-state index is 12.6. The molecule has 0 unspecified atom stereocenters. The Bertz CT molecular complexity index is 697. The number of nitrogens with one attached hydrogen (secondary N) is 1. The summed E-state index contributed by atoms with van der Waals surface area (Å²) in [5, 5.41) is 6.34. The zero-order valence-electron chi connectivity index (χ0n) is 18.0. The van der Waals surface area contributed by atoms with Gasteiger partial charge in [0, 0.05) is 30.6 Å². The van der Waals surface area contributed by atoms with Gasteiger partial charge in [-0.2, -0.15) is 0 Å². The lowest BCUT2D eigenvalue weighted by atomic mass is 10.2. The SMILES string of the molecule is CC[C@@H](CO[Si](C)(C)C(C)(C)C)NC(=O)c1csc(N2CC(SC(C)=O)C2)n1. The van der Waals surface area contributed by atoms with Gasteiger partial charge in [0.1, 0.15) is 5.69 Å². The Labute approximate surface area is 177 Å². The first-order chi connectivity index (χ1) is 12.9. The molecule has 1 aromatic heterocycles. The Balaban J connectivity index is 1.87. The number of hydrogen-bond acceptors (Lipinski definition) is 7. The second-order valence-corrected chi connectivity index (χ2v) is 15.9. The van der Waals surface area contributed by atoms with E-state index in [4.69, 9.17) is 4.43 Å². The Morgan fingerprint density at radius 3 is 2.61 bits per heavy atom. The van der Waals surface area contributed by atoms with E-state index >= 15 is 0 Å². The van der Waals surface area contributed by atoms with Gasteiger partial charge in [-0.05, 0) is 24.6 Å². The average molecular weight is 444 g/mol. The molecule has 0 aromatic carbocycles. The Kier molecular flexibility index (Phi) is 7.74. The monoisotopic (exact) mass is 443 g/mol. The summed E-state index contributed by atoms with van der Waals surface area (Å²) in [5.74, 6) is -0.150. The zero-order valence-corrected chi connectivity index (χ0v) is 20.6. The molecule has 1 aromatic rings. The normalized spacial score (nSPS) is 16.6. The number of carbonyl (C=O) groups excluding carboxylic acids is 2. The van der Waals surface area contributed by atoms with E-state index in [0.717, 1.165) is 24.6 Å². The van der Waals surface area contributed by atoms with E-state index < -0.39 is 8.32 Å². The summed E-state index contributed by atoms with van der Waals surface area (Å²) >= 11 is 2.85. The van der Waals surface area contributed by atoms with Gasteiger partial charge in [-0.25, -0.2) is 4.98 Å². The molecule has 1 fully saturated rings. The van der Waals surface area contributed by atoms with Crippen molar-refractivity contribution >= 4 is 47.6 Å². The van der Waals surface area contributed by atoms with E-state index in [9.17, 15) is 9.59 Å². The first-order valence-electron chi connectivity index (χ1n) is 9.75. The molecule has 9 heteroatoms. The standard InChI is InChI=1S/C19H33N3O3S2Si/c1-8-14(11-25-28(6,7)19(3,4)5)20-17(24)16-12-26-18(21-16)22-9-15(10-22)27-13(2)23/h12,14-15H,8-11H2,1-7H3,(H,20,24)/t14-/m0/s1. The van der Waals surface area contributed by atoms with Crippen molar-refractivity contribution in [3.63, 3.8) is 0 Å². The summed E-state index contributed by atoms with van der Waals surface area (Å²) in [7, 11) is -1.84. The highest BCUT2D eigenvalue weighted by Crippen LogP contribution is 2.36. The lowest BCUT2D eigenvalue weighted by molar-refractivity contribution is -0.109. The number of amides is 1. The molecule has 1 N–H and O–H groups in total. The highest BCUT2D eigenvalue weighted by molar-refractivity contribution is 8.14. The highest BCUT2D eigenvalue weighted by atomic mass is 32.2. The van der Waals surface area contributed by atoms with Gasteiger partial charge in [0.05, 0.1) is 12.6 Å². The summed E-state index contributed by atoms with van der Waals surface area (Å²) in [5.41, 5.74) is 0.452. The fourth-order valence-electron chi connectivity index (χ4n) is 2.46. The van der Waals surface area contributed by atoms with Crippen LogP contribution in [0.15, 0.2) is 5.38 Å². The molecule has 1 atom stereocenters. The van der Waals surface area contributed by atoms with E-state index in [0.29, 0.717) is 17.6 Å². The minimum atomic E-state index is -1.84. The fourth-order valence-corrected chi connectivity index (χ4v) is 5.32. The Hall–Kier alpha value is -0.903. The van der Waals surface area contributed by atoms with Crippen LogP contribution in [0.5, 0.6) is 0 Å². The highest BCUT2D eigenvalue weighted by Gasteiger charge is 2.37. The molecule has 158 valence electrons. The van der Waals surface area contributed by atoms with Crippen molar-refractivity contribution < 1.29 is 14.0 Å². The van der Waals surface area contributed by atoms with Crippen molar-refractivity contribution in [3.8, 4) is 0 Å². The number of rotatable bonds is 8. The van der Waals surface area contributed by atoms with Gasteiger partial charge in [0.15, 0.2) is 18.6 Å². The van der Waals surface area contributed by atoms with Crippen LogP contribution in [0.3, 0.4) is 0 Å². The van der Waals surface area contributed by atoms with Crippen molar-refractivity contribution in [2.24, 2.45) is 0 Å². The maximum absolute atomic E-state index is 12.6. The quantitative estimate of drug-likeness (QED) is 0.609. The number of anilines is 1. The molecule has 1 saturated heterocycles. The average Bonchev–Trinajstić information content (AvgIpc) is 3.02. The molecule has 0 saturated carbocycles. The van der Waals surface area contributed by atoms with Crippen molar-refractivity contribution in [1.82, 2.24) is 10.3 Å². The van der Waals surface area contributed by atoms with Gasteiger partial charge < -0.3 is 14.6 Å². The number of hydrogen-bond donors (Lipinski definition) is 1. The van der Waals surface area contributed by atoms with Crippen molar-refractivity contribution in [2.75, 3.05) is 24.6 Å². The first kappa shape index (κ1) is 23.4. The molecule has 0 spiro atoms. The molecule has 28 heavy (non-hydrogen) atoms. The van der Waals surface area contributed by atoms with Crippen LogP contribution >= 0.6 is 23.1 Å². The molecule has 0 radical (unpaired) electrons. The second kappa shape index (κ2) is 9.28. The predicted octanol–water partition coefficient (Wildman–Crippen LogP) is 4.14. The number of aromatic nitrogens is 1. The molecule has 0 aliphatic carbocycles. The molecular weight excluding hydrogens is 410 g/mol. The van der Waals surface area contributed by atoms with Crippen LogP contribution in [-0.4, -0.2) is 55.3 Å². The summed E-state index contributed by atoms with van der Waals surface area (Å²) in [4.78, 5) is 30.4. The third kappa shape index (κ3) is 6.05.